The van der Waals surface area contributed by atoms with Crippen LogP contribution in [0.3, 0.4) is 0 Å². The highest BCUT2D eigenvalue weighted by molar-refractivity contribution is 5.89. The molecule has 0 unspecified atom stereocenters. The Labute approximate surface area is 150 Å². The summed E-state index contributed by atoms with van der Waals surface area (Å²) in [6, 6.07) is 4.67. The van der Waals surface area contributed by atoms with Crippen molar-refractivity contribution in [2.45, 2.75) is 57.0 Å². The molecular weight excluding hydrogens is 314 g/mol. The number of nitrogens with one attached hydrogen (secondary N) is 2. The van der Waals surface area contributed by atoms with E-state index in [1.165, 1.54) is 45.1 Å². The predicted molar refractivity (Wildman–Crippen MR) is 100 cm³/mol. The monoisotopic (exact) mass is 343 g/mol. The number of anilines is 2. The van der Waals surface area contributed by atoms with Crippen LogP contribution in [0.5, 0.6) is 0 Å². The van der Waals surface area contributed by atoms with Gasteiger partial charge in [0.15, 0.2) is 0 Å². The summed E-state index contributed by atoms with van der Waals surface area (Å²) in [6.45, 7) is 4.47. The zero-order chi connectivity index (χ0) is 17.1. The number of aromatic nitrogens is 1. The number of hydrogen-bond acceptors (Lipinski definition) is 4. The fourth-order valence-electron chi connectivity index (χ4n) is 4.52. The molecule has 3 aliphatic rings. The number of rotatable bonds is 3. The van der Waals surface area contributed by atoms with Crippen molar-refractivity contribution in [1.29, 1.82) is 0 Å². The average Bonchev–Trinajstić information content (AvgIpc) is 3.06. The minimum Gasteiger partial charge on any atom is -0.357 e. The first-order chi connectivity index (χ1) is 12.3. The van der Waals surface area contributed by atoms with E-state index in [2.05, 4.69) is 25.4 Å². The third-order valence-corrected chi connectivity index (χ3v) is 5.86. The molecule has 4 heterocycles. The molecule has 6 nitrogen and oxygen atoms in total. The third kappa shape index (κ3) is 3.89. The smallest absolute Gasteiger partial charge is 0.319 e. The number of urea groups is 1. The lowest BCUT2D eigenvalue weighted by atomic mass is 9.99. The molecule has 25 heavy (non-hydrogen) atoms. The molecule has 6 heteroatoms. The lowest BCUT2D eigenvalue weighted by Crippen LogP contribution is -2.47. The highest BCUT2D eigenvalue weighted by atomic mass is 16.2. The van der Waals surface area contributed by atoms with Gasteiger partial charge < -0.3 is 15.5 Å². The second-order valence-electron chi connectivity index (χ2n) is 7.55. The number of amides is 2. The summed E-state index contributed by atoms with van der Waals surface area (Å²) in [6.07, 6.45) is 10.4. The summed E-state index contributed by atoms with van der Waals surface area (Å²) in [5.74, 6) is 1.01. The van der Waals surface area contributed by atoms with Gasteiger partial charge in [0.2, 0.25) is 0 Å². The summed E-state index contributed by atoms with van der Waals surface area (Å²) in [4.78, 5) is 21.7. The molecule has 0 radical (unpaired) electrons. The van der Waals surface area contributed by atoms with Crippen LogP contribution in [0.1, 0.15) is 44.9 Å². The molecule has 3 aliphatic heterocycles. The zero-order valence-electron chi connectivity index (χ0n) is 14.9. The average molecular weight is 343 g/mol. The standard InChI is InChI=1S/C19H29N5O/c25-19(22-16-9-13-23-10-5-2-6-17(16)23)21-15-7-8-18(20-14-15)24-11-3-1-4-12-24/h7-8,14,16-17H,1-6,9-13H2,(H2,21,22,25)/t16-,17+/m1/s1. The number of carbonyl (C=O) groups excluding carboxylic acids is 1. The summed E-state index contributed by atoms with van der Waals surface area (Å²) < 4.78 is 0. The van der Waals surface area contributed by atoms with E-state index in [1.807, 2.05) is 12.1 Å². The Morgan fingerprint density at radius 3 is 2.64 bits per heavy atom. The number of pyridine rings is 1. The number of hydrogen-bond donors (Lipinski definition) is 2. The van der Waals surface area contributed by atoms with E-state index in [0.717, 1.165) is 37.6 Å². The van der Waals surface area contributed by atoms with E-state index in [1.54, 1.807) is 6.20 Å². The summed E-state index contributed by atoms with van der Waals surface area (Å²) in [5.41, 5.74) is 0.761. The van der Waals surface area contributed by atoms with Crippen molar-refractivity contribution in [1.82, 2.24) is 15.2 Å². The van der Waals surface area contributed by atoms with Gasteiger partial charge in [-0.3, -0.25) is 4.90 Å². The molecule has 0 saturated carbocycles. The molecule has 0 spiro atoms. The Balaban J connectivity index is 1.30. The molecule has 0 aliphatic carbocycles. The van der Waals surface area contributed by atoms with Crippen LogP contribution in [0, 0.1) is 0 Å². The lowest BCUT2D eigenvalue weighted by Gasteiger charge is -2.32. The first-order valence-corrected chi connectivity index (χ1v) is 9.82. The molecule has 1 aromatic rings. The number of nitrogens with zero attached hydrogens (tertiary/aromatic N) is 3. The first kappa shape index (κ1) is 16.6. The number of carbonyl (C=O) groups is 1. The van der Waals surface area contributed by atoms with E-state index < -0.39 is 0 Å². The van der Waals surface area contributed by atoms with Crippen LogP contribution in [0.15, 0.2) is 18.3 Å². The van der Waals surface area contributed by atoms with Crippen molar-refractivity contribution in [3.8, 4) is 0 Å². The molecule has 2 amide bonds. The second-order valence-corrected chi connectivity index (χ2v) is 7.55. The van der Waals surface area contributed by atoms with Gasteiger partial charge in [-0.25, -0.2) is 9.78 Å². The predicted octanol–water partition coefficient (Wildman–Crippen LogP) is 2.82. The number of piperidine rings is 2. The molecule has 2 atom stereocenters. The van der Waals surface area contributed by atoms with E-state index in [4.69, 9.17) is 0 Å². The SMILES string of the molecule is O=C(Nc1ccc(N2CCCCC2)nc1)N[C@@H]1CCN2CCCC[C@@H]12. The lowest BCUT2D eigenvalue weighted by molar-refractivity contribution is 0.180. The van der Waals surface area contributed by atoms with Crippen molar-refractivity contribution >= 4 is 17.5 Å². The van der Waals surface area contributed by atoms with Crippen molar-refractivity contribution in [3.63, 3.8) is 0 Å². The van der Waals surface area contributed by atoms with Gasteiger partial charge in [-0.1, -0.05) is 6.42 Å². The molecule has 0 aromatic carbocycles. The van der Waals surface area contributed by atoms with E-state index in [0.29, 0.717) is 6.04 Å². The largest absolute Gasteiger partial charge is 0.357 e. The van der Waals surface area contributed by atoms with Gasteiger partial charge in [0.05, 0.1) is 11.9 Å². The van der Waals surface area contributed by atoms with Crippen molar-refractivity contribution in [3.05, 3.63) is 18.3 Å². The Morgan fingerprint density at radius 2 is 1.84 bits per heavy atom. The topological polar surface area (TPSA) is 60.5 Å². The molecule has 3 fully saturated rings. The van der Waals surface area contributed by atoms with Crippen LogP contribution >= 0.6 is 0 Å². The molecule has 1 aromatic heterocycles. The number of fused-ring (bicyclic) bond motifs is 1. The van der Waals surface area contributed by atoms with Crippen LogP contribution in [-0.2, 0) is 0 Å². The van der Waals surface area contributed by atoms with Gasteiger partial charge >= 0.3 is 6.03 Å². The van der Waals surface area contributed by atoms with Crippen LogP contribution in [0.4, 0.5) is 16.3 Å². The normalized spacial score (nSPS) is 27.0. The van der Waals surface area contributed by atoms with E-state index in [-0.39, 0.29) is 12.1 Å². The summed E-state index contributed by atoms with van der Waals surface area (Å²) >= 11 is 0. The Bertz CT molecular complexity index is 584. The first-order valence-electron chi connectivity index (χ1n) is 9.82. The molecular formula is C19H29N5O. The summed E-state index contributed by atoms with van der Waals surface area (Å²) in [5, 5.41) is 6.12. The quantitative estimate of drug-likeness (QED) is 0.886. The third-order valence-electron chi connectivity index (χ3n) is 5.86. The van der Waals surface area contributed by atoms with Gasteiger partial charge in [0.1, 0.15) is 5.82 Å². The van der Waals surface area contributed by atoms with E-state index in [9.17, 15) is 4.79 Å². The fourth-order valence-corrected chi connectivity index (χ4v) is 4.52. The van der Waals surface area contributed by atoms with Gasteiger partial charge in [-0.05, 0) is 57.2 Å². The molecule has 2 N–H and O–H groups in total. The maximum absolute atomic E-state index is 12.4. The maximum atomic E-state index is 12.4. The van der Waals surface area contributed by atoms with Gasteiger partial charge in [-0.2, -0.15) is 0 Å². The Morgan fingerprint density at radius 1 is 1.00 bits per heavy atom. The van der Waals surface area contributed by atoms with Crippen LogP contribution in [-0.4, -0.2) is 54.2 Å². The molecule has 4 rings (SSSR count). The molecule has 0 bridgehead atoms. The maximum Gasteiger partial charge on any atom is 0.319 e. The second kappa shape index (κ2) is 7.60. The van der Waals surface area contributed by atoms with Crippen LogP contribution < -0.4 is 15.5 Å². The van der Waals surface area contributed by atoms with Gasteiger partial charge in [0, 0.05) is 31.7 Å². The highest BCUT2D eigenvalue weighted by Gasteiger charge is 2.36. The molecule has 136 valence electrons. The van der Waals surface area contributed by atoms with Crippen molar-refractivity contribution in [2.75, 3.05) is 36.4 Å². The summed E-state index contributed by atoms with van der Waals surface area (Å²) in [7, 11) is 0. The van der Waals surface area contributed by atoms with Crippen molar-refractivity contribution in [2.24, 2.45) is 0 Å². The van der Waals surface area contributed by atoms with E-state index >= 15 is 0 Å². The van der Waals surface area contributed by atoms with Gasteiger partial charge in [0.25, 0.3) is 0 Å². The molecule has 3 saturated heterocycles. The Kier molecular flexibility index (Phi) is 5.06. The van der Waals surface area contributed by atoms with Crippen LogP contribution in [0.25, 0.3) is 0 Å². The Hall–Kier alpha value is -1.82. The zero-order valence-corrected chi connectivity index (χ0v) is 14.9. The minimum atomic E-state index is -0.107. The highest BCUT2D eigenvalue weighted by Crippen LogP contribution is 2.27. The fraction of sp³-hybridized carbons (Fsp3) is 0.684. The van der Waals surface area contributed by atoms with Crippen LogP contribution in [0.2, 0.25) is 0 Å². The minimum absolute atomic E-state index is 0.107. The van der Waals surface area contributed by atoms with Gasteiger partial charge in [-0.15, -0.1) is 0 Å². The van der Waals surface area contributed by atoms with Crippen molar-refractivity contribution < 1.29 is 4.79 Å².